The molecule has 1 aromatic heterocycles. The van der Waals surface area contributed by atoms with E-state index in [2.05, 4.69) is 22.3 Å². The van der Waals surface area contributed by atoms with E-state index in [-0.39, 0.29) is 5.91 Å². The molecule has 1 aromatic carbocycles. The van der Waals surface area contributed by atoms with Crippen LogP contribution in [0, 0.1) is 0 Å². The van der Waals surface area contributed by atoms with Gasteiger partial charge >= 0.3 is 0 Å². The number of nitrogens with zero attached hydrogens (tertiary/aromatic N) is 2. The van der Waals surface area contributed by atoms with E-state index in [1.165, 1.54) is 12.6 Å². The Kier molecular flexibility index (Phi) is 4.53. The number of benzene rings is 1. The van der Waals surface area contributed by atoms with Gasteiger partial charge in [0.25, 0.3) is 5.91 Å². The first-order valence-corrected chi connectivity index (χ1v) is 7.82. The van der Waals surface area contributed by atoms with Crippen LogP contribution in [-0.2, 0) is 0 Å². The van der Waals surface area contributed by atoms with Crippen LogP contribution in [0.4, 0.5) is 0 Å². The van der Waals surface area contributed by atoms with Crippen LogP contribution in [0.15, 0.2) is 41.1 Å². The van der Waals surface area contributed by atoms with Crippen molar-refractivity contribution in [2.75, 3.05) is 19.6 Å². The molecule has 5 heteroatoms. The Morgan fingerprint density at radius 3 is 3.00 bits per heavy atom. The first kappa shape index (κ1) is 14.8. The van der Waals surface area contributed by atoms with Crippen molar-refractivity contribution >= 4 is 5.91 Å². The Bertz CT molecular complexity index is 624. The van der Waals surface area contributed by atoms with Gasteiger partial charge in [-0.05, 0) is 25.9 Å². The average Bonchev–Trinajstić information content (AvgIpc) is 3.22. The van der Waals surface area contributed by atoms with Gasteiger partial charge in [0.2, 0.25) is 0 Å². The smallest absolute Gasteiger partial charge is 0.256 e. The van der Waals surface area contributed by atoms with Crippen molar-refractivity contribution < 1.29 is 9.32 Å². The van der Waals surface area contributed by atoms with Crippen LogP contribution in [0.25, 0.3) is 11.3 Å². The van der Waals surface area contributed by atoms with Crippen LogP contribution < -0.4 is 5.32 Å². The minimum atomic E-state index is -0.122. The number of amides is 1. The zero-order chi connectivity index (χ0) is 15.4. The number of carbonyl (C=O) groups is 1. The van der Waals surface area contributed by atoms with Gasteiger partial charge in [0.1, 0.15) is 5.56 Å². The number of carbonyl (C=O) groups excluding carboxylic acids is 1. The largest absolute Gasteiger partial charge is 0.355 e. The zero-order valence-electron chi connectivity index (χ0n) is 12.8. The molecular weight excluding hydrogens is 278 g/mol. The molecule has 5 nitrogen and oxygen atoms in total. The summed E-state index contributed by atoms with van der Waals surface area (Å²) < 4.78 is 5.26. The predicted molar refractivity (Wildman–Crippen MR) is 84.5 cm³/mol. The zero-order valence-corrected chi connectivity index (χ0v) is 12.8. The molecular formula is C17H21N3O2. The van der Waals surface area contributed by atoms with Crippen molar-refractivity contribution in [2.45, 2.75) is 25.8 Å². The van der Waals surface area contributed by atoms with Gasteiger partial charge in [-0.15, -0.1) is 0 Å². The number of hydrogen-bond acceptors (Lipinski definition) is 4. The van der Waals surface area contributed by atoms with Gasteiger partial charge in [-0.3, -0.25) is 9.69 Å². The molecule has 0 spiro atoms. The maximum absolute atomic E-state index is 12.4. The second kappa shape index (κ2) is 6.75. The van der Waals surface area contributed by atoms with E-state index >= 15 is 0 Å². The molecule has 116 valence electrons. The van der Waals surface area contributed by atoms with Gasteiger partial charge in [0, 0.05) is 18.2 Å². The third-order valence-corrected chi connectivity index (χ3v) is 4.25. The van der Waals surface area contributed by atoms with E-state index in [1.54, 1.807) is 0 Å². The van der Waals surface area contributed by atoms with E-state index in [0.29, 0.717) is 23.9 Å². The van der Waals surface area contributed by atoms with E-state index in [4.69, 9.17) is 4.52 Å². The lowest BCUT2D eigenvalue weighted by atomic mass is 10.1. The van der Waals surface area contributed by atoms with Crippen molar-refractivity contribution in [3.05, 3.63) is 42.1 Å². The summed E-state index contributed by atoms with van der Waals surface area (Å²) in [6.45, 7) is 4.99. The minimum Gasteiger partial charge on any atom is -0.355 e. The summed E-state index contributed by atoms with van der Waals surface area (Å²) in [5.74, 6) is 0.403. The lowest BCUT2D eigenvalue weighted by Gasteiger charge is -2.22. The topological polar surface area (TPSA) is 58.4 Å². The summed E-state index contributed by atoms with van der Waals surface area (Å²) in [5, 5.41) is 6.81. The molecule has 0 unspecified atom stereocenters. The average molecular weight is 299 g/mol. The Morgan fingerprint density at radius 1 is 1.41 bits per heavy atom. The highest BCUT2D eigenvalue weighted by Crippen LogP contribution is 2.23. The molecule has 0 bridgehead atoms. The second-order valence-corrected chi connectivity index (χ2v) is 5.57. The number of likely N-dealkylation sites (tertiary alicyclic amines) is 1. The number of nitrogens with one attached hydrogen (secondary N) is 1. The van der Waals surface area contributed by atoms with Crippen LogP contribution in [0.2, 0.25) is 0 Å². The molecule has 3 rings (SSSR count). The monoisotopic (exact) mass is 299 g/mol. The van der Waals surface area contributed by atoms with E-state index in [0.717, 1.165) is 25.1 Å². The Morgan fingerprint density at radius 2 is 2.23 bits per heavy atom. The highest BCUT2D eigenvalue weighted by atomic mass is 16.5. The van der Waals surface area contributed by atoms with Crippen molar-refractivity contribution in [3.63, 3.8) is 0 Å². The lowest BCUT2D eigenvalue weighted by molar-refractivity contribution is 0.0941. The molecule has 1 atom stereocenters. The quantitative estimate of drug-likeness (QED) is 0.922. The van der Waals surface area contributed by atoms with Gasteiger partial charge < -0.3 is 9.84 Å². The van der Waals surface area contributed by atoms with E-state index in [1.807, 2.05) is 30.3 Å². The Hall–Kier alpha value is -2.14. The normalized spacial score (nSPS) is 18.5. The molecule has 1 aliphatic rings. The predicted octanol–water partition coefficient (Wildman–Crippen LogP) is 2.56. The van der Waals surface area contributed by atoms with Crippen LogP contribution in [0.3, 0.4) is 0 Å². The van der Waals surface area contributed by atoms with Crippen molar-refractivity contribution in [2.24, 2.45) is 0 Å². The number of likely N-dealkylation sites (N-methyl/N-ethyl adjacent to an activating group) is 1. The summed E-state index contributed by atoms with van der Waals surface area (Å²) in [6, 6.07) is 10.0. The first-order valence-electron chi connectivity index (χ1n) is 7.82. The molecule has 2 aromatic rings. The summed E-state index contributed by atoms with van der Waals surface area (Å²) in [5.41, 5.74) is 1.36. The fourth-order valence-corrected chi connectivity index (χ4v) is 3.05. The van der Waals surface area contributed by atoms with Gasteiger partial charge in [0.05, 0.1) is 6.20 Å². The van der Waals surface area contributed by atoms with Crippen LogP contribution >= 0.6 is 0 Å². The molecule has 0 radical (unpaired) electrons. The highest BCUT2D eigenvalue weighted by molar-refractivity contribution is 5.99. The van der Waals surface area contributed by atoms with Gasteiger partial charge in [0.15, 0.2) is 5.76 Å². The summed E-state index contributed by atoms with van der Waals surface area (Å²) in [6.07, 6.45) is 3.84. The third kappa shape index (κ3) is 3.04. The fourth-order valence-electron chi connectivity index (χ4n) is 3.05. The first-order chi connectivity index (χ1) is 10.8. The lowest BCUT2D eigenvalue weighted by Crippen LogP contribution is -2.40. The van der Waals surface area contributed by atoms with Gasteiger partial charge in [-0.25, -0.2) is 0 Å². The fraction of sp³-hybridized carbons (Fsp3) is 0.412. The van der Waals surface area contributed by atoms with E-state index in [9.17, 15) is 4.79 Å². The highest BCUT2D eigenvalue weighted by Gasteiger charge is 2.24. The van der Waals surface area contributed by atoms with Gasteiger partial charge in [-0.1, -0.05) is 42.4 Å². The maximum atomic E-state index is 12.4. The van der Waals surface area contributed by atoms with Crippen molar-refractivity contribution in [1.82, 2.24) is 15.4 Å². The van der Waals surface area contributed by atoms with E-state index < -0.39 is 0 Å². The number of aromatic nitrogens is 1. The molecule has 1 saturated heterocycles. The summed E-state index contributed by atoms with van der Waals surface area (Å²) in [7, 11) is 0. The van der Waals surface area contributed by atoms with Crippen LogP contribution in [0.1, 0.15) is 30.1 Å². The number of rotatable bonds is 5. The summed E-state index contributed by atoms with van der Waals surface area (Å²) >= 11 is 0. The molecule has 0 aliphatic carbocycles. The van der Waals surface area contributed by atoms with Crippen LogP contribution in [0.5, 0.6) is 0 Å². The van der Waals surface area contributed by atoms with Crippen LogP contribution in [-0.4, -0.2) is 41.6 Å². The molecule has 2 heterocycles. The molecule has 0 saturated carbocycles. The third-order valence-electron chi connectivity index (χ3n) is 4.25. The maximum Gasteiger partial charge on any atom is 0.256 e. The standard InChI is InChI=1S/C17H21N3O2/c1-2-20-10-6-9-14(20)11-18-17(21)15-12-19-22-16(15)13-7-4-3-5-8-13/h3-5,7-8,12,14H,2,6,9-11H2,1H3,(H,18,21)/t14-/m1/s1. The minimum absolute atomic E-state index is 0.122. The molecule has 1 N–H and O–H groups in total. The second-order valence-electron chi connectivity index (χ2n) is 5.57. The van der Waals surface area contributed by atoms with Crippen molar-refractivity contribution in [1.29, 1.82) is 0 Å². The Labute approximate surface area is 130 Å². The summed E-state index contributed by atoms with van der Waals surface area (Å²) in [4.78, 5) is 14.8. The molecule has 1 amide bonds. The number of hydrogen-bond donors (Lipinski definition) is 1. The van der Waals surface area contributed by atoms with Crippen molar-refractivity contribution in [3.8, 4) is 11.3 Å². The molecule has 1 aliphatic heterocycles. The SMILES string of the molecule is CCN1CCC[C@@H]1CNC(=O)c1cnoc1-c1ccccc1. The molecule has 1 fully saturated rings. The molecule has 22 heavy (non-hydrogen) atoms. The van der Waals surface area contributed by atoms with Gasteiger partial charge in [-0.2, -0.15) is 0 Å². The Balaban J connectivity index is 1.67.